The fraction of sp³-hybridized carbons (Fsp3) is 0.667. The zero-order chi connectivity index (χ0) is 12.3. The standard InChI is InChI=1S/C9H11F2N3O3/c10-9(11)3-6(16-8(9)15)4-12-2-1-7-13-5-14-17-7/h5-6,12H,1-4H2. The van der Waals surface area contributed by atoms with Crippen LogP contribution in [0.15, 0.2) is 10.9 Å². The minimum Gasteiger partial charge on any atom is -0.456 e. The van der Waals surface area contributed by atoms with E-state index in [2.05, 4.69) is 20.2 Å². The van der Waals surface area contributed by atoms with Crippen molar-refractivity contribution in [3.63, 3.8) is 0 Å². The van der Waals surface area contributed by atoms with Crippen molar-refractivity contribution in [2.24, 2.45) is 0 Å². The molecule has 1 aromatic heterocycles. The van der Waals surface area contributed by atoms with Crippen LogP contribution >= 0.6 is 0 Å². The number of esters is 1. The molecule has 94 valence electrons. The summed E-state index contributed by atoms with van der Waals surface area (Å²) in [6, 6.07) is 0. The molecule has 0 aliphatic carbocycles. The molecule has 17 heavy (non-hydrogen) atoms. The Morgan fingerprint density at radius 3 is 3.00 bits per heavy atom. The molecule has 8 heteroatoms. The van der Waals surface area contributed by atoms with E-state index >= 15 is 0 Å². The van der Waals surface area contributed by atoms with E-state index in [1.54, 1.807) is 0 Å². The zero-order valence-corrected chi connectivity index (χ0v) is 8.86. The van der Waals surface area contributed by atoms with Crippen LogP contribution in [0.3, 0.4) is 0 Å². The molecule has 1 fully saturated rings. The van der Waals surface area contributed by atoms with Crippen molar-refractivity contribution in [2.45, 2.75) is 24.9 Å². The summed E-state index contributed by atoms with van der Waals surface area (Å²) in [5.41, 5.74) is 0. The number of ether oxygens (including phenoxy) is 1. The third-order valence-corrected chi connectivity index (χ3v) is 2.35. The predicted octanol–water partition coefficient (Wildman–Crippen LogP) is 0.152. The lowest BCUT2D eigenvalue weighted by atomic mass is 10.2. The van der Waals surface area contributed by atoms with Crippen LogP contribution < -0.4 is 5.32 Å². The maximum atomic E-state index is 12.8. The molecule has 2 heterocycles. The molecule has 0 saturated carbocycles. The van der Waals surface area contributed by atoms with E-state index in [0.717, 1.165) is 0 Å². The van der Waals surface area contributed by atoms with Crippen molar-refractivity contribution in [3.05, 3.63) is 12.2 Å². The minimum atomic E-state index is -3.35. The SMILES string of the molecule is O=C1OC(CNCCc2ncno2)CC1(F)F. The van der Waals surface area contributed by atoms with Gasteiger partial charge in [-0.15, -0.1) is 0 Å². The van der Waals surface area contributed by atoms with E-state index in [-0.39, 0.29) is 6.54 Å². The van der Waals surface area contributed by atoms with E-state index < -0.39 is 24.4 Å². The first kappa shape index (κ1) is 11.9. The number of cyclic esters (lactones) is 1. The molecule has 1 unspecified atom stereocenters. The first-order valence-electron chi connectivity index (χ1n) is 5.13. The highest BCUT2D eigenvalue weighted by atomic mass is 19.3. The topological polar surface area (TPSA) is 77.2 Å². The normalized spacial score (nSPS) is 22.7. The van der Waals surface area contributed by atoms with Crippen molar-refractivity contribution in [3.8, 4) is 0 Å². The summed E-state index contributed by atoms with van der Waals surface area (Å²) in [5.74, 6) is -4.33. The summed E-state index contributed by atoms with van der Waals surface area (Å²) < 4.78 is 34.8. The van der Waals surface area contributed by atoms with E-state index in [0.29, 0.717) is 18.9 Å². The zero-order valence-electron chi connectivity index (χ0n) is 8.86. The Labute approximate surface area is 95.3 Å². The van der Waals surface area contributed by atoms with E-state index in [9.17, 15) is 13.6 Å². The maximum absolute atomic E-state index is 12.8. The molecular weight excluding hydrogens is 236 g/mol. The highest BCUT2D eigenvalue weighted by Gasteiger charge is 2.50. The largest absolute Gasteiger partial charge is 0.456 e. The summed E-state index contributed by atoms with van der Waals surface area (Å²) in [6.07, 6.45) is 0.436. The number of nitrogens with zero attached hydrogens (tertiary/aromatic N) is 2. The van der Waals surface area contributed by atoms with Crippen LogP contribution in [0.4, 0.5) is 8.78 Å². The molecule has 0 amide bonds. The molecular formula is C9H11F2N3O3. The van der Waals surface area contributed by atoms with E-state index in [1.165, 1.54) is 6.33 Å². The summed E-state index contributed by atoms with van der Waals surface area (Å²) in [4.78, 5) is 14.5. The third-order valence-electron chi connectivity index (χ3n) is 2.35. The van der Waals surface area contributed by atoms with Crippen LogP contribution in [0.25, 0.3) is 0 Å². The average molecular weight is 247 g/mol. The van der Waals surface area contributed by atoms with Crippen molar-refractivity contribution >= 4 is 5.97 Å². The first-order chi connectivity index (χ1) is 8.08. The molecule has 0 spiro atoms. The van der Waals surface area contributed by atoms with Gasteiger partial charge >= 0.3 is 11.9 Å². The number of alkyl halides is 2. The first-order valence-corrected chi connectivity index (χ1v) is 5.13. The Morgan fingerprint density at radius 1 is 1.59 bits per heavy atom. The van der Waals surface area contributed by atoms with Crippen LogP contribution in [0, 0.1) is 0 Å². The fourth-order valence-corrected chi connectivity index (χ4v) is 1.53. The lowest BCUT2D eigenvalue weighted by molar-refractivity contribution is -0.159. The van der Waals surface area contributed by atoms with Gasteiger partial charge in [-0.2, -0.15) is 13.8 Å². The second kappa shape index (κ2) is 4.74. The van der Waals surface area contributed by atoms with Crippen molar-refractivity contribution < 1.29 is 22.8 Å². The molecule has 1 N–H and O–H groups in total. The summed E-state index contributed by atoms with van der Waals surface area (Å²) in [6.45, 7) is 0.678. The average Bonchev–Trinajstić information content (AvgIpc) is 2.83. The Balaban J connectivity index is 1.65. The summed E-state index contributed by atoms with van der Waals surface area (Å²) in [5, 5.41) is 6.31. The fourth-order valence-electron chi connectivity index (χ4n) is 1.53. The Morgan fingerprint density at radius 2 is 2.41 bits per heavy atom. The van der Waals surface area contributed by atoms with Gasteiger partial charge in [0.2, 0.25) is 5.89 Å². The number of halogens is 2. The van der Waals surface area contributed by atoms with Gasteiger partial charge < -0.3 is 14.6 Å². The van der Waals surface area contributed by atoms with Gasteiger partial charge in [0.25, 0.3) is 0 Å². The number of hydrogen-bond donors (Lipinski definition) is 1. The molecule has 1 aromatic rings. The molecule has 0 bridgehead atoms. The number of carbonyl (C=O) groups excluding carboxylic acids is 1. The molecule has 1 saturated heterocycles. The molecule has 0 aromatic carbocycles. The second-order valence-corrected chi connectivity index (χ2v) is 3.73. The van der Waals surface area contributed by atoms with E-state index in [4.69, 9.17) is 4.52 Å². The van der Waals surface area contributed by atoms with Gasteiger partial charge in [-0.3, -0.25) is 0 Å². The van der Waals surface area contributed by atoms with Gasteiger partial charge in [-0.25, -0.2) is 4.79 Å². The quantitative estimate of drug-likeness (QED) is 0.589. The van der Waals surface area contributed by atoms with Crippen LogP contribution in [0.5, 0.6) is 0 Å². The number of aromatic nitrogens is 2. The molecule has 1 atom stereocenters. The summed E-state index contributed by atoms with van der Waals surface area (Å²) >= 11 is 0. The van der Waals surface area contributed by atoms with Gasteiger partial charge in [-0.05, 0) is 0 Å². The predicted molar refractivity (Wildman–Crippen MR) is 50.3 cm³/mol. The Kier molecular flexibility index (Phi) is 3.32. The number of nitrogens with one attached hydrogen (secondary N) is 1. The highest BCUT2D eigenvalue weighted by molar-refractivity contribution is 5.79. The lowest BCUT2D eigenvalue weighted by Crippen LogP contribution is -2.28. The third kappa shape index (κ3) is 2.96. The number of carbonyl (C=O) groups is 1. The van der Waals surface area contributed by atoms with Crippen LogP contribution in [0.1, 0.15) is 12.3 Å². The monoisotopic (exact) mass is 247 g/mol. The van der Waals surface area contributed by atoms with Crippen LogP contribution in [0.2, 0.25) is 0 Å². The molecule has 0 radical (unpaired) electrons. The smallest absolute Gasteiger partial charge is 0.377 e. The van der Waals surface area contributed by atoms with E-state index in [1.807, 2.05) is 0 Å². The number of rotatable bonds is 5. The van der Waals surface area contributed by atoms with Gasteiger partial charge in [-0.1, -0.05) is 5.16 Å². The lowest BCUT2D eigenvalue weighted by Gasteiger charge is -2.08. The highest BCUT2D eigenvalue weighted by Crippen LogP contribution is 2.30. The number of hydrogen-bond acceptors (Lipinski definition) is 6. The van der Waals surface area contributed by atoms with Gasteiger partial charge in [0.15, 0.2) is 6.33 Å². The molecule has 2 rings (SSSR count). The second-order valence-electron chi connectivity index (χ2n) is 3.73. The Hall–Kier alpha value is -1.57. The molecule has 6 nitrogen and oxygen atoms in total. The summed E-state index contributed by atoms with van der Waals surface area (Å²) in [7, 11) is 0. The van der Waals surface area contributed by atoms with Gasteiger partial charge in [0, 0.05) is 19.5 Å². The maximum Gasteiger partial charge on any atom is 0.377 e. The molecule has 1 aliphatic heterocycles. The molecule has 1 aliphatic rings. The van der Waals surface area contributed by atoms with Crippen LogP contribution in [-0.2, 0) is 16.0 Å². The van der Waals surface area contributed by atoms with Gasteiger partial charge in [0.05, 0.1) is 6.42 Å². The van der Waals surface area contributed by atoms with Crippen molar-refractivity contribution in [2.75, 3.05) is 13.1 Å². The van der Waals surface area contributed by atoms with Gasteiger partial charge in [0.1, 0.15) is 6.10 Å². The van der Waals surface area contributed by atoms with Crippen molar-refractivity contribution in [1.82, 2.24) is 15.5 Å². The van der Waals surface area contributed by atoms with Crippen molar-refractivity contribution in [1.29, 1.82) is 0 Å². The van der Waals surface area contributed by atoms with Crippen LogP contribution in [-0.4, -0.2) is 41.2 Å². The Bertz CT molecular complexity index is 383. The minimum absolute atomic E-state index is 0.190.